The van der Waals surface area contributed by atoms with E-state index in [1.54, 1.807) is 24.6 Å². The zero-order valence-corrected chi connectivity index (χ0v) is 11.4. The van der Waals surface area contributed by atoms with E-state index in [9.17, 15) is 4.79 Å². The number of thiazole rings is 1. The van der Waals surface area contributed by atoms with E-state index in [4.69, 9.17) is 4.74 Å². The van der Waals surface area contributed by atoms with Gasteiger partial charge in [0.25, 0.3) is 0 Å². The molecule has 0 aliphatic carbocycles. The lowest BCUT2D eigenvalue weighted by Gasteiger charge is -2.14. The molecule has 0 fully saturated rings. The van der Waals surface area contributed by atoms with Crippen LogP contribution in [-0.2, 0) is 16.0 Å². The van der Waals surface area contributed by atoms with E-state index < -0.39 is 0 Å². The number of aryl methyl sites for hydroxylation is 1. The van der Waals surface area contributed by atoms with Gasteiger partial charge in [0.05, 0.1) is 23.0 Å². The molecule has 1 amide bonds. The second-order valence-corrected chi connectivity index (χ2v) is 4.90. The lowest BCUT2D eigenvalue weighted by atomic mass is 10.1. The number of rotatable bonds is 5. The standard InChI is InChI=1S/C12H15N3O2S/c1-4-9-15-11-10(7(2)17-3)8(14-6-16)5-13-12(11)18-9/h5-7H,4H2,1-3H3,(H,14,16). The van der Waals surface area contributed by atoms with Crippen molar-refractivity contribution in [3.63, 3.8) is 0 Å². The highest BCUT2D eigenvalue weighted by Gasteiger charge is 2.18. The topological polar surface area (TPSA) is 64.1 Å². The van der Waals surface area contributed by atoms with Crippen molar-refractivity contribution in [3.05, 3.63) is 16.8 Å². The molecule has 0 saturated heterocycles. The molecule has 0 aliphatic rings. The van der Waals surface area contributed by atoms with Crippen LogP contribution in [0.2, 0.25) is 0 Å². The van der Waals surface area contributed by atoms with Gasteiger partial charge in [-0.15, -0.1) is 0 Å². The normalized spacial score (nSPS) is 12.6. The summed E-state index contributed by atoms with van der Waals surface area (Å²) in [6.07, 6.45) is 3.02. The van der Waals surface area contributed by atoms with Crippen molar-refractivity contribution in [1.82, 2.24) is 9.97 Å². The van der Waals surface area contributed by atoms with Gasteiger partial charge in [0.15, 0.2) is 0 Å². The first-order valence-corrected chi connectivity index (χ1v) is 6.54. The second kappa shape index (κ2) is 5.41. The molecule has 18 heavy (non-hydrogen) atoms. The molecule has 0 bridgehead atoms. The summed E-state index contributed by atoms with van der Waals surface area (Å²) >= 11 is 1.57. The van der Waals surface area contributed by atoms with Crippen LogP contribution in [0, 0.1) is 0 Å². The average Bonchev–Trinajstić information content (AvgIpc) is 2.81. The quantitative estimate of drug-likeness (QED) is 0.844. The molecule has 6 heteroatoms. The van der Waals surface area contributed by atoms with Crippen molar-refractivity contribution in [1.29, 1.82) is 0 Å². The summed E-state index contributed by atoms with van der Waals surface area (Å²) in [6, 6.07) is 0. The predicted molar refractivity (Wildman–Crippen MR) is 71.9 cm³/mol. The highest BCUT2D eigenvalue weighted by molar-refractivity contribution is 7.18. The van der Waals surface area contributed by atoms with Gasteiger partial charge < -0.3 is 10.1 Å². The van der Waals surface area contributed by atoms with Crippen LogP contribution in [0.5, 0.6) is 0 Å². The molecule has 0 aromatic carbocycles. The average molecular weight is 265 g/mol. The zero-order valence-electron chi connectivity index (χ0n) is 10.6. The number of fused-ring (bicyclic) bond motifs is 1. The third kappa shape index (κ3) is 2.21. The van der Waals surface area contributed by atoms with E-state index in [0.717, 1.165) is 27.3 Å². The van der Waals surface area contributed by atoms with Crippen molar-refractivity contribution in [2.75, 3.05) is 12.4 Å². The number of nitrogens with zero attached hydrogens (tertiary/aromatic N) is 2. The Kier molecular flexibility index (Phi) is 3.88. The molecular weight excluding hydrogens is 250 g/mol. The van der Waals surface area contributed by atoms with Crippen LogP contribution in [0.15, 0.2) is 6.20 Å². The van der Waals surface area contributed by atoms with Crippen molar-refractivity contribution in [3.8, 4) is 0 Å². The minimum absolute atomic E-state index is 0.148. The largest absolute Gasteiger partial charge is 0.377 e. The van der Waals surface area contributed by atoms with Gasteiger partial charge in [-0.2, -0.15) is 0 Å². The minimum Gasteiger partial charge on any atom is -0.377 e. The van der Waals surface area contributed by atoms with Gasteiger partial charge >= 0.3 is 0 Å². The maximum atomic E-state index is 10.6. The molecule has 5 nitrogen and oxygen atoms in total. The SMILES string of the molecule is CCc1nc2c(C(C)OC)c(NC=O)cnc2s1. The smallest absolute Gasteiger partial charge is 0.211 e. The highest BCUT2D eigenvalue weighted by Crippen LogP contribution is 2.33. The van der Waals surface area contributed by atoms with Gasteiger partial charge in [-0.25, -0.2) is 9.97 Å². The Bertz CT molecular complexity index is 568. The third-order valence-electron chi connectivity index (χ3n) is 2.79. The second-order valence-electron chi connectivity index (χ2n) is 3.84. The third-order valence-corrected chi connectivity index (χ3v) is 3.89. The molecule has 1 atom stereocenters. The van der Waals surface area contributed by atoms with E-state index in [-0.39, 0.29) is 6.10 Å². The van der Waals surface area contributed by atoms with E-state index in [0.29, 0.717) is 12.1 Å². The van der Waals surface area contributed by atoms with E-state index in [1.807, 2.05) is 6.92 Å². The Morgan fingerprint density at radius 3 is 3.00 bits per heavy atom. The molecular formula is C12H15N3O2S. The zero-order chi connectivity index (χ0) is 13.1. The lowest BCUT2D eigenvalue weighted by molar-refractivity contribution is -0.105. The monoisotopic (exact) mass is 265 g/mol. The van der Waals surface area contributed by atoms with Crippen LogP contribution < -0.4 is 5.32 Å². The summed E-state index contributed by atoms with van der Waals surface area (Å²) in [5, 5.41) is 3.69. The van der Waals surface area contributed by atoms with Crippen molar-refractivity contribution in [2.24, 2.45) is 0 Å². The number of anilines is 1. The number of aromatic nitrogens is 2. The maximum Gasteiger partial charge on any atom is 0.211 e. The Labute approximate surface area is 109 Å². The molecule has 2 heterocycles. The van der Waals surface area contributed by atoms with Crippen LogP contribution in [0.3, 0.4) is 0 Å². The number of nitrogens with one attached hydrogen (secondary N) is 1. The number of pyridine rings is 1. The fourth-order valence-electron chi connectivity index (χ4n) is 1.80. The van der Waals surface area contributed by atoms with Gasteiger partial charge in [-0.1, -0.05) is 18.3 Å². The van der Waals surface area contributed by atoms with E-state index in [2.05, 4.69) is 22.2 Å². The molecule has 1 unspecified atom stereocenters. The van der Waals surface area contributed by atoms with Crippen molar-refractivity contribution < 1.29 is 9.53 Å². The number of ether oxygens (including phenoxy) is 1. The van der Waals surface area contributed by atoms with Gasteiger partial charge in [0, 0.05) is 12.7 Å². The predicted octanol–water partition coefficient (Wildman–Crippen LogP) is 2.53. The highest BCUT2D eigenvalue weighted by atomic mass is 32.1. The molecule has 2 rings (SSSR count). The fraction of sp³-hybridized carbons (Fsp3) is 0.417. The lowest BCUT2D eigenvalue weighted by Crippen LogP contribution is -2.05. The Balaban J connectivity index is 2.66. The summed E-state index contributed by atoms with van der Waals surface area (Å²) in [5.74, 6) is 0. The summed E-state index contributed by atoms with van der Waals surface area (Å²) < 4.78 is 5.36. The van der Waals surface area contributed by atoms with Crippen molar-refractivity contribution in [2.45, 2.75) is 26.4 Å². The Morgan fingerprint density at radius 1 is 1.61 bits per heavy atom. The maximum absolute atomic E-state index is 10.6. The summed E-state index contributed by atoms with van der Waals surface area (Å²) in [4.78, 5) is 20.4. The molecule has 2 aromatic rings. The van der Waals surface area contributed by atoms with Gasteiger partial charge in [-0.05, 0) is 13.3 Å². The van der Waals surface area contributed by atoms with Gasteiger partial charge in [-0.3, -0.25) is 4.79 Å². The number of methoxy groups -OCH3 is 1. The van der Waals surface area contributed by atoms with Gasteiger partial charge in [0.2, 0.25) is 6.41 Å². The molecule has 2 aromatic heterocycles. The molecule has 0 saturated carbocycles. The summed E-state index contributed by atoms with van der Waals surface area (Å²) in [7, 11) is 1.63. The van der Waals surface area contributed by atoms with E-state index in [1.165, 1.54) is 0 Å². The van der Waals surface area contributed by atoms with Crippen LogP contribution in [0.1, 0.15) is 30.5 Å². The van der Waals surface area contributed by atoms with E-state index >= 15 is 0 Å². The molecule has 1 N–H and O–H groups in total. The molecule has 0 aliphatic heterocycles. The van der Waals surface area contributed by atoms with Crippen molar-refractivity contribution >= 4 is 33.8 Å². The first-order chi connectivity index (χ1) is 8.71. The van der Waals surface area contributed by atoms with Gasteiger partial charge in [0.1, 0.15) is 10.3 Å². The fourth-order valence-corrected chi connectivity index (χ4v) is 2.66. The number of hydrogen-bond acceptors (Lipinski definition) is 5. The summed E-state index contributed by atoms with van der Waals surface area (Å²) in [6.45, 7) is 3.98. The first kappa shape index (κ1) is 12.9. The Morgan fingerprint density at radius 2 is 2.39 bits per heavy atom. The number of carbonyl (C=O) groups is 1. The van der Waals surface area contributed by atoms with Crippen LogP contribution in [0.25, 0.3) is 10.3 Å². The Hall–Kier alpha value is -1.53. The summed E-state index contributed by atoms with van der Waals surface area (Å²) in [5.41, 5.74) is 2.35. The molecule has 0 spiro atoms. The van der Waals surface area contributed by atoms with Crippen LogP contribution in [0.4, 0.5) is 5.69 Å². The molecule has 96 valence electrons. The first-order valence-electron chi connectivity index (χ1n) is 5.72. The number of amides is 1. The number of hydrogen-bond donors (Lipinski definition) is 1. The van der Waals surface area contributed by atoms with Crippen LogP contribution in [-0.4, -0.2) is 23.5 Å². The van der Waals surface area contributed by atoms with Crippen LogP contribution >= 0.6 is 11.3 Å². The minimum atomic E-state index is -0.148. The number of carbonyl (C=O) groups excluding carboxylic acids is 1. The molecule has 0 radical (unpaired) electrons.